The number of nitro benzene ring substituents is 1. The van der Waals surface area contributed by atoms with E-state index in [0.29, 0.717) is 6.54 Å². The van der Waals surface area contributed by atoms with Gasteiger partial charge in [-0.15, -0.1) is 0 Å². The summed E-state index contributed by atoms with van der Waals surface area (Å²) in [4.78, 5) is 16.2. The molecule has 0 aliphatic heterocycles. The van der Waals surface area contributed by atoms with Crippen LogP contribution in [0, 0.1) is 21.4 Å². The molecule has 1 aromatic carbocycles. The molecule has 1 rings (SSSR count). The molecule has 0 aromatic heterocycles. The molecule has 1 aromatic rings. The van der Waals surface area contributed by atoms with E-state index in [-0.39, 0.29) is 34.1 Å². The molecule has 0 aliphatic rings. The molecule has 0 heterocycles. The molecule has 0 atom stereocenters. The summed E-state index contributed by atoms with van der Waals surface area (Å²) in [6.07, 6.45) is 2.29. The zero-order valence-electron chi connectivity index (χ0n) is 14.1. The van der Waals surface area contributed by atoms with E-state index in [1.54, 1.807) is 6.07 Å². The van der Waals surface area contributed by atoms with Crippen LogP contribution in [-0.4, -0.2) is 48.4 Å². The van der Waals surface area contributed by atoms with Gasteiger partial charge in [-0.3, -0.25) is 15.1 Å². The van der Waals surface area contributed by atoms with E-state index in [1.165, 1.54) is 36.5 Å². The number of aliphatic imine (C=N–C) groups is 1. The van der Waals surface area contributed by atoms with E-state index in [1.807, 2.05) is 19.0 Å². The summed E-state index contributed by atoms with van der Waals surface area (Å²) < 4.78 is 0. The minimum absolute atomic E-state index is 0. The van der Waals surface area contributed by atoms with Crippen LogP contribution in [0.25, 0.3) is 5.41 Å². The van der Waals surface area contributed by atoms with Gasteiger partial charge in [-0.25, -0.2) is 0 Å². The minimum atomic E-state index is -0.525. The molecule has 0 unspecified atom stereocenters. The van der Waals surface area contributed by atoms with Gasteiger partial charge < -0.3 is 15.4 Å². The Hall–Kier alpha value is -2.14. The Bertz CT molecular complexity index is 612. The summed E-state index contributed by atoms with van der Waals surface area (Å²) in [5.41, 5.74) is 0.165. The second kappa shape index (κ2) is 18.2. The van der Waals surface area contributed by atoms with E-state index in [4.69, 9.17) is 10.7 Å². The number of benzene rings is 1. The number of hydrogen-bond acceptors (Lipinski definition) is 7. The molecule has 0 saturated carbocycles. The Balaban J connectivity index is -0.000000606. The minimum Gasteiger partial charge on any atom is -0.872 e. The maximum absolute atomic E-state index is 11.4. The zero-order valence-corrected chi connectivity index (χ0v) is 15.9. The number of rotatable bonds is 6. The van der Waals surface area contributed by atoms with Gasteiger partial charge in [-0.2, -0.15) is 10.4 Å². The summed E-state index contributed by atoms with van der Waals surface area (Å²) in [6, 6.07) is 5.39. The van der Waals surface area contributed by atoms with E-state index in [9.17, 15) is 15.2 Å². The van der Waals surface area contributed by atoms with Crippen molar-refractivity contribution in [1.29, 1.82) is 5.26 Å². The van der Waals surface area contributed by atoms with Crippen LogP contribution in [0.1, 0.15) is 18.9 Å². The van der Waals surface area contributed by atoms with Crippen molar-refractivity contribution in [3.63, 3.8) is 0 Å². The summed E-state index contributed by atoms with van der Waals surface area (Å²) in [5.74, 6) is -0.253. The van der Waals surface area contributed by atoms with Crippen molar-refractivity contribution in [1.82, 2.24) is 4.90 Å². The predicted octanol–water partition coefficient (Wildman–Crippen LogP) is 2.22. The molecular weight excluding hydrogens is 394 g/mol. The fourth-order valence-electron chi connectivity index (χ4n) is 1.39. The number of thiocarbonyl (C=S) groups is 1. The van der Waals surface area contributed by atoms with Crippen LogP contribution >= 0.6 is 12.2 Å². The molecule has 0 amide bonds. The second-order valence-electron chi connectivity index (χ2n) is 4.49. The average Bonchev–Trinajstić information content (AvgIpc) is 2.49. The molecule has 0 saturated heterocycles. The van der Waals surface area contributed by atoms with Crippen LogP contribution in [0.4, 0.5) is 5.69 Å². The van der Waals surface area contributed by atoms with Crippen molar-refractivity contribution in [2.75, 3.05) is 27.2 Å². The fourth-order valence-corrected chi connectivity index (χ4v) is 1.39. The molecule has 1 radical (unpaired) electrons. The first-order valence-corrected chi connectivity index (χ1v) is 7.16. The van der Waals surface area contributed by atoms with Gasteiger partial charge in [0.25, 0.3) is 5.69 Å². The summed E-state index contributed by atoms with van der Waals surface area (Å²) in [7, 11) is 3.94. The molecule has 0 fully saturated rings. The maximum Gasteiger partial charge on any atom is 2.00 e. The SMILES string of the molecule is CC#N.CN(C)CCCN=Cc1cc([N+](=O)[O-])ccc1[O-].[Cu+2].[N-]=C=S. The monoisotopic (exact) mass is 412 g/mol. The number of nitriles is 1. The Labute approximate surface area is 163 Å². The number of non-ortho nitro benzene ring substituents is 1. The molecule has 139 valence electrons. The second-order valence-corrected chi connectivity index (χ2v) is 4.67. The Kier molecular flexibility index (Phi) is 20.2. The number of isothiocyanates is 1. The molecule has 0 aliphatic carbocycles. The van der Waals surface area contributed by atoms with Crippen LogP contribution in [0.5, 0.6) is 5.75 Å². The van der Waals surface area contributed by atoms with Crippen LogP contribution in [0.3, 0.4) is 0 Å². The Morgan fingerprint density at radius 1 is 1.48 bits per heavy atom. The van der Waals surface area contributed by atoms with Gasteiger partial charge >= 0.3 is 17.1 Å². The molecule has 8 nitrogen and oxygen atoms in total. The standard InChI is InChI=1S/C12H17N3O3.C2H3N.CNS.Cu/c1-14(2)7-3-6-13-9-10-8-11(15(17)18)4-5-12(10)16;1-2-3;2-1-3;/h4-5,8-9,16H,3,6-7H2,1-2H3;1H3;;/q;;-1;+2/p-1. The fraction of sp³-hybridized carbons (Fsp3) is 0.400. The largest absolute Gasteiger partial charge is 2.00 e. The van der Waals surface area contributed by atoms with Crippen molar-refractivity contribution in [3.8, 4) is 11.8 Å². The topological polar surface area (TPSA) is 128 Å². The molecule has 0 N–H and O–H groups in total. The molecule has 0 spiro atoms. The molecule has 10 heteroatoms. The van der Waals surface area contributed by atoms with E-state index < -0.39 is 4.92 Å². The van der Waals surface area contributed by atoms with Crippen molar-refractivity contribution >= 4 is 29.3 Å². The van der Waals surface area contributed by atoms with Gasteiger partial charge in [-0.1, -0.05) is 24.0 Å². The van der Waals surface area contributed by atoms with Gasteiger partial charge in [0, 0.05) is 31.8 Å². The van der Waals surface area contributed by atoms with Crippen molar-refractivity contribution in [2.45, 2.75) is 13.3 Å². The zero-order chi connectivity index (χ0) is 19.0. The van der Waals surface area contributed by atoms with Crippen LogP contribution in [0.2, 0.25) is 0 Å². The molecular formula is C15H19CuN5O3S. The van der Waals surface area contributed by atoms with E-state index >= 15 is 0 Å². The quantitative estimate of drug-likeness (QED) is 0.176. The van der Waals surface area contributed by atoms with Crippen molar-refractivity contribution < 1.29 is 27.1 Å². The van der Waals surface area contributed by atoms with Gasteiger partial charge in [0.15, 0.2) is 0 Å². The third-order valence-corrected chi connectivity index (χ3v) is 2.33. The summed E-state index contributed by atoms with van der Waals surface area (Å²) >= 11 is 3.70. The summed E-state index contributed by atoms with van der Waals surface area (Å²) in [5, 5.41) is 37.8. The number of nitrogens with zero attached hydrogens (tertiary/aromatic N) is 5. The van der Waals surface area contributed by atoms with Crippen molar-refractivity contribution in [3.05, 3.63) is 39.3 Å². The van der Waals surface area contributed by atoms with Gasteiger partial charge in [0.05, 0.1) is 11.0 Å². The molecule has 0 bridgehead atoms. The van der Waals surface area contributed by atoms with Gasteiger partial charge in [0.2, 0.25) is 0 Å². The van der Waals surface area contributed by atoms with E-state index in [2.05, 4.69) is 17.2 Å². The predicted molar refractivity (Wildman–Crippen MR) is 95.4 cm³/mol. The van der Waals surface area contributed by atoms with Crippen molar-refractivity contribution in [2.24, 2.45) is 4.99 Å². The van der Waals surface area contributed by atoms with E-state index in [0.717, 1.165) is 13.0 Å². The first-order valence-electron chi connectivity index (χ1n) is 6.76. The average molecular weight is 413 g/mol. The third-order valence-electron chi connectivity index (χ3n) is 2.33. The normalized spacial score (nSPS) is 8.76. The molecule has 25 heavy (non-hydrogen) atoms. The number of hydrogen-bond donors (Lipinski definition) is 0. The van der Waals surface area contributed by atoms with Gasteiger partial charge in [0.1, 0.15) is 0 Å². The van der Waals surface area contributed by atoms with Crippen LogP contribution in [0.15, 0.2) is 23.2 Å². The first kappa shape index (κ1) is 27.7. The summed E-state index contributed by atoms with van der Waals surface area (Å²) in [6.45, 7) is 2.94. The van der Waals surface area contributed by atoms with Crippen LogP contribution < -0.4 is 5.11 Å². The van der Waals surface area contributed by atoms with Gasteiger partial charge in [-0.05, 0) is 32.6 Å². The Morgan fingerprint density at radius 2 is 2.00 bits per heavy atom. The Morgan fingerprint density at radius 3 is 2.44 bits per heavy atom. The first-order chi connectivity index (χ1) is 11.3. The third kappa shape index (κ3) is 16.5. The maximum atomic E-state index is 11.4. The van der Waals surface area contributed by atoms with Crippen LogP contribution in [-0.2, 0) is 17.1 Å². The smallest absolute Gasteiger partial charge is 0.872 e. The number of nitro groups is 1.